The first kappa shape index (κ1) is 12.9. The summed E-state index contributed by atoms with van der Waals surface area (Å²) < 4.78 is 1.49. The number of rotatable bonds is 4. The number of hydrogen-bond acceptors (Lipinski definition) is 4. The van der Waals surface area contributed by atoms with Crippen LogP contribution in [0.5, 0.6) is 0 Å². The van der Waals surface area contributed by atoms with Gasteiger partial charge in [0.2, 0.25) is 0 Å². The predicted octanol–water partition coefficient (Wildman–Crippen LogP) is 1.88. The maximum atomic E-state index is 10.5. The van der Waals surface area contributed by atoms with E-state index in [2.05, 4.69) is 29.4 Å². The Hall–Kier alpha value is -2.50. The molecular formula is C13H14N4O2. The van der Waals surface area contributed by atoms with E-state index in [1.807, 2.05) is 24.3 Å². The monoisotopic (exact) mass is 258 g/mol. The number of carboxylic acids is 1. The van der Waals surface area contributed by atoms with Gasteiger partial charge < -0.3 is 5.11 Å². The molecule has 0 amide bonds. The summed E-state index contributed by atoms with van der Waals surface area (Å²) in [6.07, 6.45) is 2.36. The molecule has 0 fully saturated rings. The van der Waals surface area contributed by atoms with Crippen LogP contribution in [-0.4, -0.2) is 31.3 Å². The number of nitrogens with zero attached hydrogens (tertiary/aromatic N) is 4. The van der Waals surface area contributed by atoms with Crippen molar-refractivity contribution in [2.24, 2.45) is 0 Å². The van der Waals surface area contributed by atoms with E-state index in [1.54, 1.807) is 0 Å². The molecule has 0 aliphatic rings. The Morgan fingerprint density at radius 1 is 1.32 bits per heavy atom. The molecule has 0 aliphatic heterocycles. The second-order valence-electron chi connectivity index (χ2n) is 4.37. The molecule has 2 rings (SSSR count). The Kier molecular flexibility index (Phi) is 3.70. The van der Waals surface area contributed by atoms with Crippen LogP contribution in [0.4, 0.5) is 0 Å². The van der Waals surface area contributed by atoms with Crippen LogP contribution in [0.15, 0.2) is 30.3 Å². The van der Waals surface area contributed by atoms with Gasteiger partial charge in [-0.1, -0.05) is 26.0 Å². The molecule has 1 aromatic heterocycles. The zero-order valence-electron chi connectivity index (χ0n) is 10.7. The molecule has 1 heterocycles. The zero-order chi connectivity index (χ0) is 13.8. The van der Waals surface area contributed by atoms with Crippen LogP contribution in [0.25, 0.3) is 11.8 Å². The lowest BCUT2D eigenvalue weighted by Crippen LogP contribution is -2.00. The number of benzene rings is 1. The zero-order valence-corrected chi connectivity index (χ0v) is 10.7. The van der Waals surface area contributed by atoms with E-state index in [0.717, 1.165) is 11.8 Å². The summed E-state index contributed by atoms with van der Waals surface area (Å²) in [7, 11) is 0. The maximum Gasteiger partial charge on any atom is 0.328 e. The Balaban J connectivity index is 2.32. The van der Waals surface area contributed by atoms with Crippen LogP contribution < -0.4 is 0 Å². The standard InChI is InChI=1S/C13H14N4O2/c1-9(2)10-3-5-11(6-4-10)17-12(14-15-16-17)7-8-13(18)19/h3-9H,1-2H3,(H,18,19)/b8-7+. The van der Waals surface area contributed by atoms with E-state index in [1.165, 1.54) is 16.3 Å². The summed E-state index contributed by atoms with van der Waals surface area (Å²) in [4.78, 5) is 10.5. The third-order valence-corrected chi connectivity index (χ3v) is 2.67. The van der Waals surface area contributed by atoms with Gasteiger partial charge >= 0.3 is 5.97 Å². The summed E-state index contributed by atoms with van der Waals surface area (Å²) >= 11 is 0. The van der Waals surface area contributed by atoms with E-state index in [-0.39, 0.29) is 0 Å². The summed E-state index contributed by atoms with van der Waals surface area (Å²) in [6.45, 7) is 4.24. The SMILES string of the molecule is CC(C)c1ccc(-n2nnnc2/C=C/C(=O)O)cc1. The first-order valence-electron chi connectivity index (χ1n) is 5.87. The highest BCUT2D eigenvalue weighted by atomic mass is 16.4. The average Bonchev–Trinajstić information content (AvgIpc) is 2.84. The molecule has 0 radical (unpaired) electrons. The predicted molar refractivity (Wildman–Crippen MR) is 69.9 cm³/mol. The van der Waals surface area contributed by atoms with Crippen molar-refractivity contribution < 1.29 is 9.90 Å². The third kappa shape index (κ3) is 3.04. The molecule has 0 unspecified atom stereocenters. The van der Waals surface area contributed by atoms with Gasteiger partial charge in [0.05, 0.1) is 5.69 Å². The highest BCUT2D eigenvalue weighted by Gasteiger charge is 2.06. The largest absolute Gasteiger partial charge is 0.478 e. The molecule has 98 valence electrons. The average molecular weight is 258 g/mol. The molecule has 0 bridgehead atoms. The van der Waals surface area contributed by atoms with Crippen LogP contribution in [0.3, 0.4) is 0 Å². The van der Waals surface area contributed by atoms with Gasteiger partial charge in [-0.25, -0.2) is 4.79 Å². The minimum Gasteiger partial charge on any atom is -0.478 e. The van der Waals surface area contributed by atoms with Gasteiger partial charge in [0, 0.05) is 6.08 Å². The van der Waals surface area contributed by atoms with Crippen molar-refractivity contribution in [3.05, 3.63) is 41.7 Å². The normalized spacial score (nSPS) is 11.3. The topological polar surface area (TPSA) is 80.9 Å². The molecule has 0 atom stereocenters. The molecule has 0 saturated heterocycles. The molecule has 0 aliphatic carbocycles. The van der Waals surface area contributed by atoms with Gasteiger partial charge in [-0.15, -0.1) is 5.10 Å². The molecule has 1 aromatic carbocycles. The van der Waals surface area contributed by atoms with Crippen molar-refractivity contribution in [1.82, 2.24) is 20.2 Å². The number of aliphatic carboxylic acids is 1. The Labute approximate surface area is 110 Å². The first-order chi connectivity index (χ1) is 9.08. The first-order valence-corrected chi connectivity index (χ1v) is 5.87. The highest BCUT2D eigenvalue weighted by molar-refractivity contribution is 5.84. The van der Waals surface area contributed by atoms with Crippen molar-refractivity contribution in [2.45, 2.75) is 19.8 Å². The van der Waals surface area contributed by atoms with Gasteiger partial charge in [0.25, 0.3) is 0 Å². The number of aromatic nitrogens is 4. The minimum atomic E-state index is -1.04. The summed E-state index contributed by atoms with van der Waals surface area (Å²) in [6, 6.07) is 7.83. The molecule has 2 aromatic rings. The second kappa shape index (κ2) is 5.43. The van der Waals surface area contributed by atoms with Crippen molar-refractivity contribution in [2.75, 3.05) is 0 Å². The van der Waals surface area contributed by atoms with Gasteiger partial charge in [-0.2, -0.15) is 4.68 Å². The molecule has 0 spiro atoms. The molecule has 6 nitrogen and oxygen atoms in total. The van der Waals surface area contributed by atoms with Crippen LogP contribution in [0.2, 0.25) is 0 Å². The quantitative estimate of drug-likeness (QED) is 0.847. The third-order valence-electron chi connectivity index (χ3n) is 2.67. The number of carbonyl (C=O) groups is 1. The molecular weight excluding hydrogens is 244 g/mol. The van der Waals surface area contributed by atoms with E-state index < -0.39 is 5.97 Å². The second-order valence-corrected chi connectivity index (χ2v) is 4.37. The highest BCUT2D eigenvalue weighted by Crippen LogP contribution is 2.17. The van der Waals surface area contributed by atoms with Gasteiger partial charge in [0.1, 0.15) is 0 Å². The fraction of sp³-hybridized carbons (Fsp3) is 0.231. The van der Waals surface area contributed by atoms with E-state index in [4.69, 9.17) is 5.11 Å². The molecule has 19 heavy (non-hydrogen) atoms. The fourth-order valence-corrected chi connectivity index (χ4v) is 1.63. The summed E-state index contributed by atoms with van der Waals surface area (Å²) in [5, 5.41) is 19.8. The van der Waals surface area contributed by atoms with E-state index in [9.17, 15) is 4.79 Å². The van der Waals surface area contributed by atoms with Crippen LogP contribution in [0, 0.1) is 0 Å². The van der Waals surface area contributed by atoms with Crippen LogP contribution >= 0.6 is 0 Å². The molecule has 0 saturated carbocycles. The van der Waals surface area contributed by atoms with Crippen molar-refractivity contribution in [1.29, 1.82) is 0 Å². The molecule has 6 heteroatoms. The van der Waals surface area contributed by atoms with Crippen molar-refractivity contribution >= 4 is 12.0 Å². The Morgan fingerprint density at radius 2 is 2.00 bits per heavy atom. The number of tetrazole rings is 1. The van der Waals surface area contributed by atoms with Gasteiger partial charge in [-0.05, 0) is 40.1 Å². The fourth-order valence-electron chi connectivity index (χ4n) is 1.63. The van der Waals surface area contributed by atoms with Crippen molar-refractivity contribution in [3.63, 3.8) is 0 Å². The van der Waals surface area contributed by atoms with E-state index >= 15 is 0 Å². The summed E-state index contributed by atoms with van der Waals surface area (Å²) in [5.41, 5.74) is 2.01. The van der Waals surface area contributed by atoms with Gasteiger partial charge in [0.15, 0.2) is 5.82 Å². The lowest BCUT2D eigenvalue weighted by Gasteiger charge is -2.06. The minimum absolute atomic E-state index is 0.375. The van der Waals surface area contributed by atoms with E-state index in [0.29, 0.717) is 11.7 Å². The Bertz CT molecular complexity index is 599. The number of hydrogen-bond donors (Lipinski definition) is 1. The van der Waals surface area contributed by atoms with Crippen LogP contribution in [0.1, 0.15) is 31.2 Å². The Morgan fingerprint density at radius 3 is 2.58 bits per heavy atom. The van der Waals surface area contributed by atoms with Crippen LogP contribution in [-0.2, 0) is 4.79 Å². The lowest BCUT2D eigenvalue weighted by atomic mass is 10.0. The number of carboxylic acid groups (broad SMARTS) is 1. The van der Waals surface area contributed by atoms with Gasteiger partial charge in [-0.3, -0.25) is 0 Å². The summed E-state index contributed by atoms with van der Waals surface area (Å²) in [5.74, 6) is -0.210. The van der Waals surface area contributed by atoms with Crippen molar-refractivity contribution in [3.8, 4) is 5.69 Å². The molecule has 1 N–H and O–H groups in total. The maximum absolute atomic E-state index is 10.5. The lowest BCUT2D eigenvalue weighted by molar-refractivity contribution is -0.131. The smallest absolute Gasteiger partial charge is 0.328 e.